The molecule has 2 amide bonds. The van der Waals surface area contributed by atoms with Crippen molar-refractivity contribution in [3.8, 4) is 0 Å². The SMILES string of the molecule is C=CCn1c(SCC(=O)Nc2ccccc2C(=O)OC)nnc1[C@@H](C)NC(=O)c1cccc(C)c1. The third kappa shape index (κ3) is 6.57. The zero-order valence-electron chi connectivity index (χ0n) is 19.8. The van der Waals surface area contributed by atoms with Gasteiger partial charge in [0.05, 0.1) is 30.2 Å². The summed E-state index contributed by atoms with van der Waals surface area (Å²) in [6, 6.07) is 13.5. The average molecular weight is 494 g/mol. The van der Waals surface area contributed by atoms with Crippen LogP contribution in [0.15, 0.2) is 66.3 Å². The molecule has 3 rings (SSSR count). The van der Waals surface area contributed by atoms with Crippen LogP contribution in [0.5, 0.6) is 0 Å². The number of aryl methyl sites for hydroxylation is 1. The van der Waals surface area contributed by atoms with E-state index in [4.69, 9.17) is 4.74 Å². The highest BCUT2D eigenvalue weighted by atomic mass is 32.2. The molecule has 2 aromatic carbocycles. The highest BCUT2D eigenvalue weighted by molar-refractivity contribution is 7.99. The van der Waals surface area contributed by atoms with E-state index in [1.165, 1.54) is 18.9 Å². The molecule has 0 aliphatic heterocycles. The van der Waals surface area contributed by atoms with Crippen LogP contribution in [0.3, 0.4) is 0 Å². The number of hydrogen-bond acceptors (Lipinski definition) is 7. The largest absolute Gasteiger partial charge is 0.465 e. The monoisotopic (exact) mass is 493 g/mol. The summed E-state index contributed by atoms with van der Waals surface area (Å²) in [7, 11) is 1.28. The molecule has 10 heteroatoms. The Hall–Kier alpha value is -3.92. The van der Waals surface area contributed by atoms with Crippen LogP contribution in [-0.2, 0) is 16.1 Å². The van der Waals surface area contributed by atoms with E-state index in [0.29, 0.717) is 28.8 Å². The fourth-order valence-corrected chi connectivity index (χ4v) is 4.11. The second-order valence-corrected chi connectivity index (χ2v) is 8.62. The van der Waals surface area contributed by atoms with Crippen LogP contribution < -0.4 is 10.6 Å². The topological polar surface area (TPSA) is 115 Å². The Morgan fingerprint density at radius 3 is 2.66 bits per heavy atom. The second kappa shape index (κ2) is 12.0. The summed E-state index contributed by atoms with van der Waals surface area (Å²) in [5.41, 5.74) is 2.19. The van der Waals surface area contributed by atoms with Crippen molar-refractivity contribution in [2.75, 3.05) is 18.2 Å². The molecule has 2 N–H and O–H groups in total. The predicted octanol–water partition coefficient (Wildman–Crippen LogP) is 3.78. The van der Waals surface area contributed by atoms with Gasteiger partial charge in [0, 0.05) is 12.1 Å². The van der Waals surface area contributed by atoms with Gasteiger partial charge < -0.3 is 19.9 Å². The minimum absolute atomic E-state index is 0.0365. The van der Waals surface area contributed by atoms with Crippen molar-refractivity contribution < 1.29 is 19.1 Å². The highest BCUT2D eigenvalue weighted by Crippen LogP contribution is 2.22. The van der Waals surface area contributed by atoms with E-state index in [1.807, 2.05) is 32.0 Å². The van der Waals surface area contributed by atoms with E-state index >= 15 is 0 Å². The quantitative estimate of drug-likeness (QED) is 0.251. The number of carbonyl (C=O) groups excluding carboxylic acids is 3. The molecule has 182 valence electrons. The molecule has 0 saturated carbocycles. The van der Waals surface area contributed by atoms with Crippen LogP contribution >= 0.6 is 11.8 Å². The van der Waals surface area contributed by atoms with E-state index in [-0.39, 0.29) is 23.1 Å². The summed E-state index contributed by atoms with van der Waals surface area (Å²) in [6.07, 6.45) is 1.69. The van der Waals surface area contributed by atoms with Crippen LogP contribution in [0.2, 0.25) is 0 Å². The zero-order valence-corrected chi connectivity index (χ0v) is 20.6. The van der Waals surface area contributed by atoms with Gasteiger partial charge in [-0.3, -0.25) is 9.59 Å². The first-order chi connectivity index (χ1) is 16.8. The maximum absolute atomic E-state index is 12.7. The van der Waals surface area contributed by atoms with E-state index in [9.17, 15) is 14.4 Å². The summed E-state index contributed by atoms with van der Waals surface area (Å²) in [6.45, 7) is 7.94. The number of esters is 1. The number of aromatic nitrogens is 3. The third-order valence-electron chi connectivity index (χ3n) is 5.01. The van der Waals surface area contributed by atoms with Crippen molar-refractivity contribution in [3.05, 3.63) is 83.7 Å². The molecular weight excluding hydrogens is 466 g/mol. The van der Waals surface area contributed by atoms with Gasteiger partial charge in [0.1, 0.15) is 0 Å². The van der Waals surface area contributed by atoms with Crippen LogP contribution in [-0.4, -0.2) is 45.4 Å². The molecule has 0 saturated heterocycles. The number of rotatable bonds is 10. The molecular formula is C25H27N5O4S. The van der Waals surface area contributed by atoms with Gasteiger partial charge in [0.2, 0.25) is 5.91 Å². The maximum Gasteiger partial charge on any atom is 0.339 e. The molecule has 9 nitrogen and oxygen atoms in total. The number of hydrogen-bond donors (Lipinski definition) is 2. The summed E-state index contributed by atoms with van der Waals surface area (Å²) in [4.78, 5) is 37.2. The molecule has 0 bridgehead atoms. The number of allylic oxidation sites excluding steroid dienone is 1. The number of thioether (sulfide) groups is 1. The zero-order chi connectivity index (χ0) is 25.4. The molecule has 0 aliphatic carbocycles. The van der Waals surface area contributed by atoms with E-state index in [0.717, 1.165) is 5.56 Å². The number of para-hydroxylation sites is 1. The Morgan fingerprint density at radius 1 is 1.17 bits per heavy atom. The Kier molecular flexibility index (Phi) is 8.80. The van der Waals surface area contributed by atoms with E-state index < -0.39 is 12.0 Å². The molecule has 0 spiro atoms. The average Bonchev–Trinajstić information content (AvgIpc) is 3.25. The Labute approximate surface area is 208 Å². The van der Waals surface area contributed by atoms with Crippen molar-refractivity contribution >= 4 is 35.2 Å². The van der Waals surface area contributed by atoms with Crippen LogP contribution in [0.4, 0.5) is 5.69 Å². The fraction of sp³-hybridized carbons (Fsp3) is 0.240. The van der Waals surface area contributed by atoms with Gasteiger partial charge >= 0.3 is 5.97 Å². The van der Waals surface area contributed by atoms with Crippen LogP contribution in [0.25, 0.3) is 0 Å². The van der Waals surface area contributed by atoms with Crippen LogP contribution in [0, 0.1) is 6.92 Å². The molecule has 0 radical (unpaired) electrons. The second-order valence-electron chi connectivity index (χ2n) is 7.68. The number of nitrogens with one attached hydrogen (secondary N) is 2. The van der Waals surface area contributed by atoms with E-state index in [2.05, 4.69) is 27.4 Å². The lowest BCUT2D eigenvalue weighted by Crippen LogP contribution is -2.29. The molecule has 35 heavy (non-hydrogen) atoms. The first-order valence-electron chi connectivity index (χ1n) is 10.9. The number of anilines is 1. The number of nitrogens with zero attached hydrogens (tertiary/aromatic N) is 3. The highest BCUT2D eigenvalue weighted by Gasteiger charge is 2.21. The van der Waals surface area contributed by atoms with Crippen molar-refractivity contribution in [1.29, 1.82) is 0 Å². The van der Waals surface area contributed by atoms with Gasteiger partial charge in [-0.1, -0.05) is 47.7 Å². The molecule has 0 aliphatic rings. The van der Waals surface area contributed by atoms with Crippen molar-refractivity contribution in [1.82, 2.24) is 20.1 Å². The predicted molar refractivity (Wildman–Crippen MR) is 134 cm³/mol. The van der Waals surface area contributed by atoms with Gasteiger partial charge in [0.25, 0.3) is 5.91 Å². The lowest BCUT2D eigenvalue weighted by atomic mass is 10.1. The third-order valence-corrected chi connectivity index (χ3v) is 5.98. The summed E-state index contributed by atoms with van der Waals surface area (Å²) in [5.74, 6) is -0.487. The minimum Gasteiger partial charge on any atom is -0.465 e. The number of benzene rings is 2. The Bertz CT molecular complexity index is 1240. The molecule has 1 atom stereocenters. The Balaban J connectivity index is 1.68. The van der Waals surface area contributed by atoms with E-state index in [1.54, 1.807) is 41.0 Å². The fourth-order valence-electron chi connectivity index (χ4n) is 3.36. The summed E-state index contributed by atoms with van der Waals surface area (Å²) in [5, 5.41) is 14.6. The lowest BCUT2D eigenvalue weighted by molar-refractivity contribution is -0.113. The normalized spacial score (nSPS) is 11.4. The molecule has 1 heterocycles. The number of amides is 2. The lowest BCUT2D eigenvalue weighted by Gasteiger charge is -2.15. The Morgan fingerprint density at radius 2 is 1.94 bits per heavy atom. The van der Waals surface area contributed by atoms with Gasteiger partial charge in [-0.05, 0) is 38.1 Å². The van der Waals surface area contributed by atoms with Gasteiger partial charge in [0.15, 0.2) is 11.0 Å². The van der Waals surface area contributed by atoms with Gasteiger partial charge in [-0.2, -0.15) is 0 Å². The van der Waals surface area contributed by atoms with Crippen molar-refractivity contribution in [3.63, 3.8) is 0 Å². The van der Waals surface area contributed by atoms with Crippen LogP contribution in [0.1, 0.15) is 45.1 Å². The molecule has 0 unspecified atom stereocenters. The standard InChI is InChI=1S/C25H27N5O4S/c1-5-13-30-22(17(3)26-23(32)18-10-8-9-16(2)14-18)28-29-25(30)35-15-21(31)27-20-12-7-6-11-19(20)24(33)34-4/h5-12,14,17H,1,13,15H2,2-4H3,(H,26,32)(H,27,31)/t17-/m1/s1. The first-order valence-corrected chi connectivity index (χ1v) is 11.8. The maximum atomic E-state index is 12.7. The number of carbonyl (C=O) groups is 3. The number of ether oxygens (including phenoxy) is 1. The van der Waals surface area contributed by atoms with Crippen molar-refractivity contribution in [2.24, 2.45) is 0 Å². The summed E-state index contributed by atoms with van der Waals surface area (Å²) >= 11 is 1.19. The minimum atomic E-state index is -0.536. The summed E-state index contributed by atoms with van der Waals surface area (Å²) < 4.78 is 6.56. The van der Waals surface area contributed by atoms with Crippen molar-refractivity contribution in [2.45, 2.75) is 31.6 Å². The number of methoxy groups -OCH3 is 1. The molecule has 1 aromatic heterocycles. The van der Waals surface area contributed by atoms with Gasteiger partial charge in [-0.25, -0.2) is 4.79 Å². The molecule has 0 fully saturated rings. The molecule has 3 aromatic rings. The first kappa shape index (κ1) is 25.7. The smallest absolute Gasteiger partial charge is 0.339 e. The van der Waals surface area contributed by atoms with Gasteiger partial charge in [-0.15, -0.1) is 16.8 Å².